The number of benzene rings is 1. The van der Waals surface area contributed by atoms with Crippen LogP contribution in [0.1, 0.15) is 37.2 Å². The zero-order valence-corrected chi connectivity index (χ0v) is 12.6. The van der Waals surface area contributed by atoms with Gasteiger partial charge in [0.15, 0.2) is 5.82 Å². The summed E-state index contributed by atoms with van der Waals surface area (Å²) >= 11 is 0. The van der Waals surface area contributed by atoms with E-state index in [4.69, 9.17) is 0 Å². The maximum atomic E-state index is 12.6. The third-order valence-electron chi connectivity index (χ3n) is 3.71. The van der Waals surface area contributed by atoms with Crippen LogP contribution in [0.25, 0.3) is 10.9 Å². The number of rotatable bonds is 5. The van der Waals surface area contributed by atoms with Crippen LogP contribution in [0.15, 0.2) is 24.3 Å². The second-order valence-corrected chi connectivity index (χ2v) is 5.27. The maximum Gasteiger partial charge on any atom is 0.235 e. The zero-order chi connectivity index (χ0) is 15.5. The van der Waals surface area contributed by atoms with Crippen molar-refractivity contribution >= 4 is 22.5 Å². The minimum atomic E-state index is -0.406. The summed E-state index contributed by atoms with van der Waals surface area (Å²) < 4.78 is 0. The highest BCUT2D eigenvalue weighted by atomic mass is 16.2. The third kappa shape index (κ3) is 2.57. The lowest BCUT2D eigenvalue weighted by atomic mass is 10.0. The van der Waals surface area contributed by atoms with Crippen molar-refractivity contribution in [2.45, 2.75) is 32.6 Å². The Hall–Kier alpha value is -2.70. The molecule has 2 aromatic heterocycles. The third-order valence-corrected chi connectivity index (χ3v) is 3.71. The highest BCUT2D eigenvalue weighted by molar-refractivity contribution is 6.04. The minimum Gasteiger partial charge on any atom is -0.357 e. The first kappa shape index (κ1) is 14.2. The molecule has 0 spiro atoms. The van der Waals surface area contributed by atoms with Crippen molar-refractivity contribution in [2.75, 3.05) is 5.32 Å². The van der Waals surface area contributed by atoms with Crippen LogP contribution in [0.5, 0.6) is 0 Å². The average molecular weight is 298 g/mol. The van der Waals surface area contributed by atoms with Crippen LogP contribution in [0.4, 0.5) is 5.69 Å². The molecular formula is C15H18N6O. The number of para-hydroxylation sites is 1. The predicted octanol–water partition coefficient (Wildman–Crippen LogP) is 2.51. The normalized spacial score (nSPS) is 12.5. The number of tetrazole rings is 1. The molecule has 0 bridgehead atoms. The molecular weight excluding hydrogens is 280 g/mol. The van der Waals surface area contributed by atoms with E-state index in [0.29, 0.717) is 12.2 Å². The number of nitrogens with zero attached hydrogens (tertiary/aromatic N) is 3. The van der Waals surface area contributed by atoms with E-state index in [1.165, 1.54) is 0 Å². The second-order valence-electron chi connectivity index (χ2n) is 5.27. The zero-order valence-electron chi connectivity index (χ0n) is 12.6. The predicted molar refractivity (Wildman–Crippen MR) is 83.5 cm³/mol. The number of anilines is 1. The molecule has 3 aromatic rings. The van der Waals surface area contributed by atoms with Crippen LogP contribution in [-0.2, 0) is 4.79 Å². The molecule has 22 heavy (non-hydrogen) atoms. The first-order valence-electron chi connectivity index (χ1n) is 7.32. The average Bonchev–Trinajstić information content (AvgIpc) is 3.14. The monoisotopic (exact) mass is 298 g/mol. The van der Waals surface area contributed by atoms with Crippen LogP contribution in [0.3, 0.4) is 0 Å². The molecule has 0 aliphatic heterocycles. The van der Waals surface area contributed by atoms with E-state index >= 15 is 0 Å². The Morgan fingerprint density at radius 2 is 2.18 bits per heavy atom. The van der Waals surface area contributed by atoms with E-state index in [1.807, 2.05) is 38.1 Å². The molecule has 0 fully saturated rings. The number of amides is 1. The lowest BCUT2D eigenvalue weighted by molar-refractivity contribution is -0.117. The number of H-pyrrole nitrogens is 2. The van der Waals surface area contributed by atoms with E-state index in [2.05, 4.69) is 30.9 Å². The number of nitrogens with one attached hydrogen (secondary N) is 3. The molecule has 114 valence electrons. The standard InChI is InChI=1S/C15H18N6O/c1-3-6-11(14-18-20-21-19-14)15(22)17-13-9(2)16-12-8-5-4-7-10(12)13/h4-5,7-8,11,16H,3,6H2,1-2H3,(H,17,22)(H,18,19,20,21). The van der Waals surface area contributed by atoms with E-state index < -0.39 is 5.92 Å². The van der Waals surface area contributed by atoms with Crippen LogP contribution in [0, 0.1) is 6.92 Å². The second kappa shape index (κ2) is 5.97. The van der Waals surface area contributed by atoms with Crippen molar-refractivity contribution in [3.05, 3.63) is 35.8 Å². The summed E-state index contributed by atoms with van der Waals surface area (Å²) in [5, 5.41) is 17.9. The summed E-state index contributed by atoms with van der Waals surface area (Å²) in [6.07, 6.45) is 1.53. The molecule has 7 nitrogen and oxygen atoms in total. The Morgan fingerprint density at radius 1 is 1.36 bits per heavy atom. The number of hydrogen-bond acceptors (Lipinski definition) is 4. The summed E-state index contributed by atoms with van der Waals surface area (Å²) in [4.78, 5) is 15.9. The van der Waals surface area contributed by atoms with E-state index in [1.54, 1.807) is 0 Å². The van der Waals surface area contributed by atoms with E-state index in [-0.39, 0.29) is 5.91 Å². The lowest BCUT2D eigenvalue weighted by Gasteiger charge is -2.12. The Labute approximate surface area is 127 Å². The van der Waals surface area contributed by atoms with Crippen LogP contribution >= 0.6 is 0 Å². The molecule has 3 N–H and O–H groups in total. The number of carbonyl (C=O) groups excluding carboxylic acids is 1. The highest BCUT2D eigenvalue weighted by Gasteiger charge is 2.25. The molecule has 7 heteroatoms. The van der Waals surface area contributed by atoms with Gasteiger partial charge < -0.3 is 10.3 Å². The van der Waals surface area contributed by atoms with Gasteiger partial charge in [-0.25, -0.2) is 0 Å². The van der Waals surface area contributed by atoms with E-state index in [9.17, 15) is 4.79 Å². The SMILES string of the molecule is CCCC(C(=O)Nc1c(C)[nH]c2ccccc12)c1nn[nH]n1. The van der Waals surface area contributed by atoms with Crippen LogP contribution < -0.4 is 5.32 Å². The molecule has 0 radical (unpaired) electrons. The summed E-state index contributed by atoms with van der Waals surface area (Å²) in [7, 11) is 0. The van der Waals surface area contributed by atoms with Crippen molar-refractivity contribution in [1.82, 2.24) is 25.6 Å². The van der Waals surface area contributed by atoms with Crippen molar-refractivity contribution < 1.29 is 4.79 Å². The van der Waals surface area contributed by atoms with Crippen molar-refractivity contribution in [1.29, 1.82) is 0 Å². The van der Waals surface area contributed by atoms with Gasteiger partial charge in [0.25, 0.3) is 0 Å². The fraction of sp³-hybridized carbons (Fsp3) is 0.333. The van der Waals surface area contributed by atoms with Gasteiger partial charge in [-0.1, -0.05) is 36.8 Å². The lowest BCUT2D eigenvalue weighted by Crippen LogP contribution is -2.22. The van der Waals surface area contributed by atoms with Gasteiger partial charge in [-0.05, 0) is 19.4 Å². The molecule has 0 aliphatic rings. The first-order valence-corrected chi connectivity index (χ1v) is 7.32. The number of aryl methyl sites for hydroxylation is 1. The summed E-state index contributed by atoms with van der Waals surface area (Å²) in [6.45, 7) is 3.97. The molecule has 1 amide bonds. The fourth-order valence-corrected chi connectivity index (χ4v) is 2.63. The largest absolute Gasteiger partial charge is 0.357 e. The quantitative estimate of drug-likeness (QED) is 0.674. The molecule has 0 saturated heterocycles. The number of aromatic nitrogens is 5. The number of hydrogen-bond donors (Lipinski definition) is 3. The maximum absolute atomic E-state index is 12.6. The molecule has 1 aromatic carbocycles. The van der Waals surface area contributed by atoms with Gasteiger partial charge in [0.1, 0.15) is 5.92 Å². The Morgan fingerprint density at radius 3 is 2.91 bits per heavy atom. The van der Waals surface area contributed by atoms with Crippen LogP contribution in [-0.4, -0.2) is 31.5 Å². The Kier molecular flexibility index (Phi) is 3.86. The molecule has 3 rings (SSSR count). The van der Waals surface area contributed by atoms with Crippen molar-refractivity contribution in [3.8, 4) is 0 Å². The number of aromatic amines is 2. The minimum absolute atomic E-state index is 0.115. The Balaban J connectivity index is 1.90. The van der Waals surface area contributed by atoms with Gasteiger partial charge in [0.05, 0.1) is 5.69 Å². The Bertz CT molecular complexity index is 777. The molecule has 2 heterocycles. The number of fused-ring (bicyclic) bond motifs is 1. The van der Waals surface area contributed by atoms with Crippen LogP contribution in [0.2, 0.25) is 0 Å². The first-order chi connectivity index (χ1) is 10.7. The molecule has 1 unspecified atom stereocenters. The smallest absolute Gasteiger partial charge is 0.235 e. The topological polar surface area (TPSA) is 99.4 Å². The highest BCUT2D eigenvalue weighted by Crippen LogP contribution is 2.28. The van der Waals surface area contributed by atoms with Gasteiger partial charge in [-0.15, -0.1) is 10.2 Å². The van der Waals surface area contributed by atoms with Crippen molar-refractivity contribution in [3.63, 3.8) is 0 Å². The van der Waals surface area contributed by atoms with Crippen molar-refractivity contribution in [2.24, 2.45) is 0 Å². The summed E-state index contributed by atoms with van der Waals surface area (Å²) in [5.74, 6) is -0.0928. The number of carbonyl (C=O) groups is 1. The van der Waals surface area contributed by atoms with E-state index in [0.717, 1.165) is 28.7 Å². The van der Waals surface area contributed by atoms with Gasteiger partial charge in [-0.3, -0.25) is 4.79 Å². The molecule has 0 saturated carbocycles. The van der Waals surface area contributed by atoms with Gasteiger partial charge in [0.2, 0.25) is 5.91 Å². The van der Waals surface area contributed by atoms with Gasteiger partial charge >= 0.3 is 0 Å². The molecule has 0 aliphatic carbocycles. The van der Waals surface area contributed by atoms with Gasteiger partial charge in [0, 0.05) is 16.6 Å². The molecule has 1 atom stereocenters. The summed E-state index contributed by atoms with van der Waals surface area (Å²) in [6, 6.07) is 7.88. The van der Waals surface area contributed by atoms with Gasteiger partial charge in [-0.2, -0.15) is 5.21 Å². The summed E-state index contributed by atoms with van der Waals surface area (Å²) in [5.41, 5.74) is 2.74. The fourth-order valence-electron chi connectivity index (χ4n) is 2.63.